The Balaban J connectivity index is 1.91. The molecule has 2 aliphatic heterocycles. The Bertz CT molecular complexity index is 490. The van der Waals surface area contributed by atoms with Crippen LogP contribution in [0.25, 0.3) is 0 Å². The zero-order chi connectivity index (χ0) is 14.3. The molecule has 0 radical (unpaired) electrons. The summed E-state index contributed by atoms with van der Waals surface area (Å²) in [7, 11) is 0. The SMILES string of the molecule is FC(F)(F)c1cc(Br)ccc1N1CC2CCCNC2C1. The molecule has 0 bridgehead atoms. The van der Waals surface area contributed by atoms with Crippen LogP contribution in [-0.2, 0) is 6.18 Å². The smallest absolute Gasteiger partial charge is 0.369 e. The molecule has 2 aliphatic rings. The summed E-state index contributed by atoms with van der Waals surface area (Å²) in [4.78, 5) is 1.88. The van der Waals surface area contributed by atoms with Crippen LogP contribution >= 0.6 is 15.9 Å². The first-order chi connectivity index (χ1) is 9.45. The summed E-state index contributed by atoms with van der Waals surface area (Å²) in [5.41, 5.74) is -0.248. The van der Waals surface area contributed by atoms with Crippen LogP contribution in [0.5, 0.6) is 0 Å². The summed E-state index contributed by atoms with van der Waals surface area (Å²) in [6, 6.07) is 4.75. The molecule has 2 nitrogen and oxygen atoms in total. The lowest BCUT2D eigenvalue weighted by molar-refractivity contribution is -0.137. The first-order valence-corrected chi connectivity index (χ1v) is 7.59. The van der Waals surface area contributed by atoms with Gasteiger partial charge in [-0.3, -0.25) is 0 Å². The molecule has 0 aromatic heterocycles. The molecule has 6 heteroatoms. The van der Waals surface area contributed by atoms with E-state index in [0.29, 0.717) is 35.2 Å². The van der Waals surface area contributed by atoms with E-state index in [1.165, 1.54) is 6.07 Å². The van der Waals surface area contributed by atoms with Crippen molar-refractivity contribution in [2.24, 2.45) is 5.92 Å². The summed E-state index contributed by atoms with van der Waals surface area (Å²) in [5.74, 6) is 0.466. The van der Waals surface area contributed by atoms with E-state index in [-0.39, 0.29) is 0 Å². The average molecular weight is 349 g/mol. The highest BCUT2D eigenvalue weighted by Crippen LogP contribution is 2.40. The van der Waals surface area contributed by atoms with E-state index in [4.69, 9.17) is 0 Å². The second-order valence-electron chi connectivity index (χ2n) is 5.53. The lowest BCUT2D eigenvalue weighted by Gasteiger charge is -2.24. The number of hydrogen-bond acceptors (Lipinski definition) is 2. The van der Waals surface area contributed by atoms with Gasteiger partial charge in [0.25, 0.3) is 0 Å². The van der Waals surface area contributed by atoms with E-state index in [1.54, 1.807) is 12.1 Å². The molecule has 2 fully saturated rings. The molecule has 0 spiro atoms. The van der Waals surface area contributed by atoms with Crippen LogP contribution in [0.4, 0.5) is 18.9 Å². The Morgan fingerprint density at radius 1 is 1.25 bits per heavy atom. The number of halogens is 4. The number of anilines is 1. The van der Waals surface area contributed by atoms with Gasteiger partial charge in [-0.2, -0.15) is 13.2 Å². The third-order valence-electron chi connectivity index (χ3n) is 4.20. The minimum atomic E-state index is -4.32. The quantitative estimate of drug-likeness (QED) is 0.833. The van der Waals surface area contributed by atoms with E-state index in [1.807, 2.05) is 4.90 Å². The maximum atomic E-state index is 13.2. The number of hydrogen-bond donors (Lipinski definition) is 1. The zero-order valence-electron chi connectivity index (χ0n) is 10.9. The Labute approximate surface area is 124 Å². The van der Waals surface area contributed by atoms with Gasteiger partial charge in [0.15, 0.2) is 0 Å². The van der Waals surface area contributed by atoms with Gasteiger partial charge >= 0.3 is 6.18 Å². The Morgan fingerprint density at radius 2 is 2.05 bits per heavy atom. The maximum absolute atomic E-state index is 13.2. The summed E-state index contributed by atoms with van der Waals surface area (Å²) in [6.07, 6.45) is -2.10. The number of nitrogens with one attached hydrogen (secondary N) is 1. The first kappa shape index (κ1) is 14.2. The third kappa shape index (κ3) is 2.68. The van der Waals surface area contributed by atoms with Gasteiger partial charge in [0.1, 0.15) is 0 Å². The number of benzene rings is 1. The second-order valence-corrected chi connectivity index (χ2v) is 6.44. The summed E-state index contributed by atoms with van der Waals surface area (Å²) >= 11 is 3.13. The summed E-state index contributed by atoms with van der Waals surface area (Å²) < 4.78 is 40.0. The van der Waals surface area contributed by atoms with Gasteiger partial charge < -0.3 is 10.2 Å². The van der Waals surface area contributed by atoms with E-state index < -0.39 is 11.7 Å². The van der Waals surface area contributed by atoms with Gasteiger partial charge in [0.2, 0.25) is 0 Å². The van der Waals surface area contributed by atoms with Gasteiger partial charge in [-0.1, -0.05) is 15.9 Å². The van der Waals surface area contributed by atoms with Crippen LogP contribution < -0.4 is 10.2 Å². The first-order valence-electron chi connectivity index (χ1n) is 6.80. The molecule has 20 heavy (non-hydrogen) atoms. The van der Waals surface area contributed by atoms with Gasteiger partial charge in [-0.05, 0) is 43.5 Å². The van der Waals surface area contributed by atoms with Crippen LogP contribution in [0.15, 0.2) is 22.7 Å². The third-order valence-corrected chi connectivity index (χ3v) is 4.70. The highest BCUT2D eigenvalue weighted by molar-refractivity contribution is 9.10. The molecule has 0 amide bonds. The van der Waals surface area contributed by atoms with Crippen molar-refractivity contribution in [3.63, 3.8) is 0 Å². The molecular formula is C14H16BrF3N2. The molecule has 2 saturated heterocycles. The molecule has 2 unspecified atom stereocenters. The molecule has 3 rings (SSSR count). The predicted molar refractivity (Wildman–Crippen MR) is 75.9 cm³/mol. The van der Waals surface area contributed by atoms with E-state index in [0.717, 1.165) is 19.4 Å². The minimum absolute atomic E-state index is 0.303. The van der Waals surface area contributed by atoms with Crippen molar-refractivity contribution in [3.8, 4) is 0 Å². The zero-order valence-corrected chi connectivity index (χ0v) is 12.5. The molecule has 110 valence electrons. The van der Waals surface area contributed by atoms with Crippen LogP contribution in [-0.4, -0.2) is 25.7 Å². The molecule has 0 aliphatic carbocycles. The monoisotopic (exact) mass is 348 g/mol. The Hall–Kier alpha value is -0.750. The fraction of sp³-hybridized carbons (Fsp3) is 0.571. The fourth-order valence-corrected chi connectivity index (χ4v) is 3.62. The lowest BCUT2D eigenvalue weighted by atomic mass is 9.94. The molecule has 1 aromatic rings. The summed E-state index contributed by atoms with van der Waals surface area (Å²) in [6.45, 7) is 2.35. The maximum Gasteiger partial charge on any atom is 0.418 e. The van der Waals surface area contributed by atoms with Gasteiger partial charge in [0, 0.05) is 29.3 Å². The predicted octanol–water partition coefficient (Wildman–Crippen LogP) is 3.66. The van der Waals surface area contributed by atoms with E-state index in [9.17, 15) is 13.2 Å². The molecule has 1 N–H and O–H groups in total. The van der Waals surface area contributed by atoms with Crippen LogP contribution in [0.1, 0.15) is 18.4 Å². The van der Waals surface area contributed by atoms with Crippen molar-refractivity contribution in [1.82, 2.24) is 5.32 Å². The second kappa shape index (κ2) is 5.22. The van der Waals surface area contributed by atoms with Crippen LogP contribution in [0.3, 0.4) is 0 Å². The van der Waals surface area contributed by atoms with Crippen molar-refractivity contribution in [1.29, 1.82) is 0 Å². The molecular weight excluding hydrogens is 333 g/mol. The Morgan fingerprint density at radius 3 is 2.75 bits per heavy atom. The standard InChI is InChI=1S/C14H16BrF3N2/c15-10-3-4-13(11(6-10)14(16,17)18)20-7-9-2-1-5-19-12(9)8-20/h3-4,6,9,12,19H,1-2,5,7-8H2. The Kier molecular flexibility index (Phi) is 3.71. The van der Waals surface area contributed by atoms with Gasteiger partial charge in [-0.15, -0.1) is 0 Å². The number of nitrogens with zero attached hydrogens (tertiary/aromatic N) is 1. The van der Waals surface area contributed by atoms with Crippen molar-refractivity contribution < 1.29 is 13.2 Å². The molecule has 1 aromatic carbocycles. The molecule has 2 heterocycles. The van der Waals surface area contributed by atoms with E-state index >= 15 is 0 Å². The van der Waals surface area contributed by atoms with Crippen molar-refractivity contribution >= 4 is 21.6 Å². The molecule has 2 atom stereocenters. The highest BCUT2D eigenvalue weighted by atomic mass is 79.9. The van der Waals surface area contributed by atoms with Crippen molar-refractivity contribution in [2.75, 3.05) is 24.5 Å². The van der Waals surface area contributed by atoms with Gasteiger partial charge in [0.05, 0.1) is 5.56 Å². The summed E-state index contributed by atoms with van der Waals surface area (Å²) in [5, 5.41) is 3.42. The van der Waals surface area contributed by atoms with E-state index in [2.05, 4.69) is 21.2 Å². The normalized spacial score (nSPS) is 26.7. The van der Waals surface area contributed by atoms with Crippen molar-refractivity contribution in [3.05, 3.63) is 28.2 Å². The topological polar surface area (TPSA) is 15.3 Å². The van der Waals surface area contributed by atoms with Crippen molar-refractivity contribution in [2.45, 2.75) is 25.1 Å². The van der Waals surface area contributed by atoms with Crippen LogP contribution in [0.2, 0.25) is 0 Å². The minimum Gasteiger partial charge on any atom is -0.369 e. The lowest BCUT2D eigenvalue weighted by Crippen LogP contribution is -2.40. The van der Waals surface area contributed by atoms with Crippen LogP contribution in [0, 0.1) is 5.92 Å². The number of piperidine rings is 1. The number of fused-ring (bicyclic) bond motifs is 1. The highest BCUT2D eigenvalue weighted by Gasteiger charge is 2.39. The number of alkyl halides is 3. The van der Waals surface area contributed by atoms with Gasteiger partial charge in [-0.25, -0.2) is 0 Å². The largest absolute Gasteiger partial charge is 0.418 e. The molecule has 0 saturated carbocycles. The average Bonchev–Trinajstić information content (AvgIpc) is 2.81. The number of rotatable bonds is 1. The fourth-order valence-electron chi connectivity index (χ4n) is 3.25.